The SMILES string of the molecule is CC(C)CCCOC1CC(=O)C12CCCCCC2. The molecule has 0 N–H and O–H groups in total. The Balaban J connectivity index is 1.79. The fourth-order valence-electron chi connectivity index (χ4n) is 3.51. The van der Waals surface area contributed by atoms with Gasteiger partial charge in [0.2, 0.25) is 0 Å². The van der Waals surface area contributed by atoms with Gasteiger partial charge < -0.3 is 4.74 Å². The van der Waals surface area contributed by atoms with Crippen molar-refractivity contribution in [1.82, 2.24) is 0 Å². The molecular weight excluding hydrogens is 224 g/mol. The van der Waals surface area contributed by atoms with Gasteiger partial charge in [0.05, 0.1) is 11.5 Å². The summed E-state index contributed by atoms with van der Waals surface area (Å²) < 4.78 is 6.03. The van der Waals surface area contributed by atoms with Crippen molar-refractivity contribution < 1.29 is 9.53 Å². The third-order valence-electron chi connectivity index (χ3n) is 4.78. The summed E-state index contributed by atoms with van der Waals surface area (Å²) in [6, 6.07) is 0. The van der Waals surface area contributed by atoms with E-state index in [9.17, 15) is 4.79 Å². The maximum absolute atomic E-state index is 12.0. The first-order chi connectivity index (χ1) is 8.65. The third-order valence-corrected chi connectivity index (χ3v) is 4.78. The molecule has 2 aliphatic rings. The molecule has 1 unspecified atom stereocenters. The standard InChI is InChI=1S/C16H28O2/c1-13(2)8-7-11-18-15-12-14(17)16(15)9-5-3-4-6-10-16/h13,15H,3-12H2,1-2H3. The number of ketones is 1. The Morgan fingerprint density at radius 2 is 1.89 bits per heavy atom. The molecule has 18 heavy (non-hydrogen) atoms. The summed E-state index contributed by atoms with van der Waals surface area (Å²) in [5.74, 6) is 1.24. The van der Waals surface area contributed by atoms with Gasteiger partial charge in [0, 0.05) is 13.0 Å². The van der Waals surface area contributed by atoms with Crippen LogP contribution in [0.25, 0.3) is 0 Å². The smallest absolute Gasteiger partial charge is 0.144 e. The summed E-state index contributed by atoms with van der Waals surface area (Å²) in [6.45, 7) is 5.34. The van der Waals surface area contributed by atoms with E-state index < -0.39 is 0 Å². The molecule has 0 bridgehead atoms. The van der Waals surface area contributed by atoms with E-state index in [1.54, 1.807) is 0 Å². The van der Waals surface area contributed by atoms with Gasteiger partial charge in [0.25, 0.3) is 0 Å². The summed E-state index contributed by atoms with van der Waals surface area (Å²) in [4.78, 5) is 12.0. The van der Waals surface area contributed by atoms with Crippen molar-refractivity contribution in [2.24, 2.45) is 11.3 Å². The second-order valence-electron chi connectivity index (χ2n) is 6.59. The second kappa shape index (κ2) is 6.18. The molecule has 104 valence electrons. The molecule has 0 heterocycles. The molecule has 0 saturated heterocycles. The van der Waals surface area contributed by atoms with E-state index in [1.165, 1.54) is 32.1 Å². The number of Topliss-reactive ketones (excluding diaryl/α,β-unsaturated/α-hetero) is 1. The molecule has 2 nitrogen and oxygen atoms in total. The van der Waals surface area contributed by atoms with Gasteiger partial charge in [-0.25, -0.2) is 0 Å². The minimum absolute atomic E-state index is 0.0612. The maximum Gasteiger partial charge on any atom is 0.144 e. The highest BCUT2D eigenvalue weighted by molar-refractivity contribution is 5.92. The number of hydrogen-bond acceptors (Lipinski definition) is 2. The van der Waals surface area contributed by atoms with Gasteiger partial charge in [0.1, 0.15) is 5.78 Å². The van der Waals surface area contributed by atoms with Gasteiger partial charge in [0.15, 0.2) is 0 Å². The first-order valence-electron chi connectivity index (χ1n) is 7.80. The highest BCUT2D eigenvalue weighted by Crippen LogP contribution is 2.49. The molecule has 2 fully saturated rings. The molecule has 0 radical (unpaired) electrons. The Kier molecular flexibility index (Phi) is 4.83. The van der Waals surface area contributed by atoms with E-state index in [2.05, 4.69) is 13.8 Å². The Morgan fingerprint density at radius 3 is 2.44 bits per heavy atom. The number of carbonyl (C=O) groups is 1. The predicted molar refractivity (Wildman–Crippen MR) is 73.6 cm³/mol. The normalized spacial score (nSPS) is 27.3. The largest absolute Gasteiger partial charge is 0.377 e. The van der Waals surface area contributed by atoms with Crippen LogP contribution < -0.4 is 0 Å². The number of hydrogen-bond donors (Lipinski definition) is 0. The topological polar surface area (TPSA) is 26.3 Å². The lowest BCUT2D eigenvalue weighted by molar-refractivity contribution is -0.166. The number of ether oxygens (including phenoxy) is 1. The summed E-state index contributed by atoms with van der Waals surface area (Å²) in [6.07, 6.45) is 10.5. The van der Waals surface area contributed by atoms with E-state index in [0.29, 0.717) is 12.2 Å². The molecule has 2 rings (SSSR count). The van der Waals surface area contributed by atoms with Gasteiger partial charge >= 0.3 is 0 Å². The highest BCUT2D eigenvalue weighted by Gasteiger charge is 2.54. The molecular formula is C16H28O2. The van der Waals surface area contributed by atoms with E-state index in [4.69, 9.17) is 4.74 Å². The zero-order valence-electron chi connectivity index (χ0n) is 12.0. The van der Waals surface area contributed by atoms with Crippen LogP contribution in [0.5, 0.6) is 0 Å². The quantitative estimate of drug-likeness (QED) is 0.688. The van der Waals surface area contributed by atoms with E-state index >= 15 is 0 Å². The molecule has 1 atom stereocenters. The summed E-state index contributed by atoms with van der Waals surface area (Å²) in [5.41, 5.74) is -0.0612. The van der Waals surface area contributed by atoms with Crippen molar-refractivity contribution in [2.75, 3.05) is 6.61 Å². The van der Waals surface area contributed by atoms with Crippen LogP contribution in [0.2, 0.25) is 0 Å². The zero-order chi connectivity index (χ0) is 13.0. The van der Waals surface area contributed by atoms with Crippen LogP contribution in [0.4, 0.5) is 0 Å². The molecule has 2 heteroatoms. The minimum Gasteiger partial charge on any atom is -0.377 e. The van der Waals surface area contributed by atoms with Gasteiger partial charge in [-0.05, 0) is 31.6 Å². The molecule has 0 amide bonds. The van der Waals surface area contributed by atoms with Crippen molar-refractivity contribution in [3.8, 4) is 0 Å². The summed E-state index contributed by atoms with van der Waals surface area (Å²) >= 11 is 0. The van der Waals surface area contributed by atoms with Crippen molar-refractivity contribution in [1.29, 1.82) is 0 Å². The molecule has 0 aromatic carbocycles. The number of rotatable bonds is 5. The monoisotopic (exact) mass is 252 g/mol. The lowest BCUT2D eigenvalue weighted by atomic mass is 9.60. The van der Waals surface area contributed by atoms with E-state index in [0.717, 1.165) is 31.8 Å². The lowest BCUT2D eigenvalue weighted by Crippen LogP contribution is -2.55. The second-order valence-corrected chi connectivity index (χ2v) is 6.59. The highest BCUT2D eigenvalue weighted by atomic mass is 16.5. The van der Waals surface area contributed by atoms with Crippen LogP contribution in [0.15, 0.2) is 0 Å². The van der Waals surface area contributed by atoms with Crippen LogP contribution in [0, 0.1) is 11.3 Å². The van der Waals surface area contributed by atoms with Gasteiger partial charge in [-0.1, -0.05) is 39.5 Å². The van der Waals surface area contributed by atoms with E-state index in [-0.39, 0.29) is 11.5 Å². The molecule has 0 aromatic rings. The van der Waals surface area contributed by atoms with Crippen molar-refractivity contribution in [3.63, 3.8) is 0 Å². The Morgan fingerprint density at radius 1 is 1.22 bits per heavy atom. The molecule has 0 aliphatic heterocycles. The lowest BCUT2D eigenvalue weighted by Gasteiger charge is -2.47. The van der Waals surface area contributed by atoms with Gasteiger partial charge in [-0.3, -0.25) is 4.79 Å². The molecule has 2 saturated carbocycles. The molecule has 2 aliphatic carbocycles. The summed E-state index contributed by atoms with van der Waals surface area (Å²) in [5, 5.41) is 0. The van der Waals surface area contributed by atoms with Gasteiger partial charge in [-0.15, -0.1) is 0 Å². The Labute approximate surface area is 111 Å². The maximum atomic E-state index is 12.0. The van der Waals surface area contributed by atoms with Crippen molar-refractivity contribution in [3.05, 3.63) is 0 Å². The molecule has 1 spiro atoms. The number of carbonyl (C=O) groups excluding carboxylic acids is 1. The van der Waals surface area contributed by atoms with Crippen LogP contribution in [-0.2, 0) is 9.53 Å². The van der Waals surface area contributed by atoms with Gasteiger partial charge in [-0.2, -0.15) is 0 Å². The van der Waals surface area contributed by atoms with Crippen LogP contribution in [0.3, 0.4) is 0 Å². The predicted octanol–water partition coefficient (Wildman–Crippen LogP) is 4.12. The average molecular weight is 252 g/mol. The zero-order valence-corrected chi connectivity index (χ0v) is 12.0. The average Bonchev–Trinajstić information content (AvgIpc) is 2.60. The van der Waals surface area contributed by atoms with Crippen molar-refractivity contribution in [2.45, 2.75) is 77.7 Å². The Bertz CT molecular complexity index is 275. The van der Waals surface area contributed by atoms with E-state index in [1.807, 2.05) is 0 Å². The van der Waals surface area contributed by atoms with Crippen molar-refractivity contribution >= 4 is 5.78 Å². The van der Waals surface area contributed by atoms with Crippen LogP contribution >= 0.6 is 0 Å². The minimum atomic E-state index is -0.0612. The molecule has 0 aromatic heterocycles. The first kappa shape index (κ1) is 14.0. The Hall–Kier alpha value is -0.370. The summed E-state index contributed by atoms with van der Waals surface area (Å²) in [7, 11) is 0. The van der Waals surface area contributed by atoms with Crippen LogP contribution in [-0.4, -0.2) is 18.5 Å². The fourth-order valence-corrected chi connectivity index (χ4v) is 3.51. The van der Waals surface area contributed by atoms with Crippen LogP contribution in [0.1, 0.15) is 71.6 Å². The first-order valence-corrected chi connectivity index (χ1v) is 7.80. The fraction of sp³-hybridized carbons (Fsp3) is 0.938. The third kappa shape index (κ3) is 2.96.